The summed E-state index contributed by atoms with van der Waals surface area (Å²) in [4.78, 5) is 16.6. The first-order valence-electron chi connectivity index (χ1n) is 11.5. The van der Waals surface area contributed by atoms with E-state index in [1.54, 1.807) is 18.2 Å². The fraction of sp³-hybridized carbons (Fsp3) is 0.320. The minimum absolute atomic E-state index is 0.00571. The van der Waals surface area contributed by atoms with E-state index in [1.807, 2.05) is 42.7 Å². The molecule has 186 valence electrons. The lowest BCUT2D eigenvalue weighted by Crippen LogP contribution is -2.39. The normalized spacial score (nSPS) is 11.3. The van der Waals surface area contributed by atoms with Gasteiger partial charge >= 0.3 is 6.03 Å². The van der Waals surface area contributed by atoms with Gasteiger partial charge in [0.25, 0.3) is 10.0 Å². The molecule has 8 nitrogen and oxygen atoms in total. The van der Waals surface area contributed by atoms with Crippen LogP contribution in [0.25, 0.3) is 11.1 Å². The highest BCUT2D eigenvalue weighted by Crippen LogP contribution is 2.28. The van der Waals surface area contributed by atoms with Gasteiger partial charge in [-0.05, 0) is 55.2 Å². The van der Waals surface area contributed by atoms with Crippen molar-refractivity contribution in [2.45, 2.75) is 51.5 Å². The number of carbonyl (C=O) groups is 1. The molecule has 0 radical (unpaired) electrons. The molecule has 1 heterocycles. The van der Waals surface area contributed by atoms with Crippen LogP contribution in [0.5, 0.6) is 0 Å². The summed E-state index contributed by atoms with van der Waals surface area (Å²) in [5.41, 5.74) is 3.22. The summed E-state index contributed by atoms with van der Waals surface area (Å²) >= 11 is 5.06. The van der Waals surface area contributed by atoms with E-state index in [0.29, 0.717) is 42.0 Å². The summed E-state index contributed by atoms with van der Waals surface area (Å²) < 4.78 is 30.0. The van der Waals surface area contributed by atoms with E-state index in [4.69, 9.17) is 12.2 Å². The average Bonchev–Trinajstić information content (AvgIpc) is 3.12. The van der Waals surface area contributed by atoms with Crippen LogP contribution >= 0.6 is 12.2 Å². The molecule has 3 rings (SSSR count). The number of aliphatic hydroxyl groups is 1. The Balaban J connectivity index is 1.99. The van der Waals surface area contributed by atoms with Crippen molar-refractivity contribution >= 4 is 33.3 Å². The second-order valence-corrected chi connectivity index (χ2v) is 10.2. The number of hydrogen-bond donors (Lipinski definition) is 3. The van der Waals surface area contributed by atoms with Gasteiger partial charge in [0.1, 0.15) is 11.5 Å². The van der Waals surface area contributed by atoms with Gasteiger partial charge in [0.15, 0.2) is 0 Å². The zero-order valence-corrected chi connectivity index (χ0v) is 21.7. The summed E-state index contributed by atoms with van der Waals surface area (Å²) in [6.45, 7) is 6.53. The van der Waals surface area contributed by atoms with Crippen LogP contribution < -0.4 is 10.0 Å². The van der Waals surface area contributed by atoms with Crippen molar-refractivity contribution in [1.29, 1.82) is 0 Å². The Kier molecular flexibility index (Phi) is 8.63. The molecule has 10 heteroatoms. The molecule has 0 aliphatic carbocycles. The summed E-state index contributed by atoms with van der Waals surface area (Å²) in [6.07, 6.45) is 2.31. The van der Waals surface area contributed by atoms with Gasteiger partial charge in [-0.1, -0.05) is 50.2 Å². The van der Waals surface area contributed by atoms with Crippen molar-refractivity contribution < 1.29 is 18.3 Å². The lowest BCUT2D eigenvalue weighted by Gasteiger charge is -2.14. The number of nitrogens with one attached hydrogen (secondary N) is 2. The van der Waals surface area contributed by atoms with Crippen molar-refractivity contribution in [3.8, 4) is 11.1 Å². The number of benzene rings is 2. The molecule has 0 aliphatic heterocycles. The third-order valence-corrected chi connectivity index (χ3v) is 7.00. The Morgan fingerprint density at radius 2 is 1.86 bits per heavy atom. The van der Waals surface area contributed by atoms with Gasteiger partial charge in [0, 0.05) is 25.1 Å². The fourth-order valence-corrected chi connectivity index (χ4v) is 5.31. The van der Waals surface area contributed by atoms with Gasteiger partial charge in [0.05, 0.1) is 10.6 Å². The molecule has 3 aromatic rings. The maximum Gasteiger partial charge on any atom is 0.328 e. The average molecular weight is 515 g/mol. The van der Waals surface area contributed by atoms with Crippen LogP contribution in [0.4, 0.5) is 4.79 Å². The summed E-state index contributed by atoms with van der Waals surface area (Å²) in [5.74, 6) is 0.826. The van der Waals surface area contributed by atoms with Gasteiger partial charge in [-0.25, -0.2) is 22.9 Å². The highest BCUT2D eigenvalue weighted by Gasteiger charge is 2.22. The fourth-order valence-electron chi connectivity index (χ4n) is 3.90. The predicted octanol–water partition coefficient (Wildman–Crippen LogP) is 4.49. The Morgan fingerprint density at radius 3 is 2.54 bits per heavy atom. The number of nitrogens with zero attached hydrogens (tertiary/aromatic N) is 2. The lowest BCUT2D eigenvalue weighted by atomic mass is 10.0. The van der Waals surface area contributed by atoms with Crippen LogP contribution in [-0.4, -0.2) is 40.7 Å². The second-order valence-electron chi connectivity index (χ2n) is 8.16. The van der Waals surface area contributed by atoms with Crippen LogP contribution in [0.15, 0.2) is 53.4 Å². The topological polar surface area (TPSA) is 113 Å². The molecule has 1 aromatic heterocycles. The van der Waals surface area contributed by atoms with Gasteiger partial charge < -0.3 is 15.0 Å². The standard InChI is InChI=1S/C25H30N4O4S2/c1-4-9-22-27-17(3)23(24(30)34)29(22)16-18-10-8-11-19(15-18)20-12-6-7-13-21(20)35(32,33)28-25(31)26-14-5-2/h6-8,10-13,15H,4-5,9,14,16H2,1-3H3,(H,30,34)(H2,26,28,31). The van der Waals surface area contributed by atoms with E-state index >= 15 is 0 Å². The van der Waals surface area contributed by atoms with Crippen molar-refractivity contribution in [3.63, 3.8) is 0 Å². The first kappa shape index (κ1) is 26.4. The highest BCUT2D eigenvalue weighted by atomic mass is 32.2. The largest absolute Gasteiger partial charge is 0.497 e. The molecule has 0 unspecified atom stereocenters. The van der Waals surface area contributed by atoms with Crippen molar-refractivity contribution in [2.24, 2.45) is 0 Å². The SMILES string of the molecule is CCCNC(=O)NS(=O)(=O)c1ccccc1-c1cccc(Cn2c(CCC)nc(C)c2C(O)=S)c1. The van der Waals surface area contributed by atoms with E-state index in [0.717, 1.165) is 24.2 Å². The number of aliphatic hydroxyl groups excluding tert-OH is 1. The molecule has 2 aromatic carbocycles. The molecule has 0 fully saturated rings. The number of carbonyl (C=O) groups excluding carboxylic acids is 1. The summed E-state index contributed by atoms with van der Waals surface area (Å²) in [7, 11) is -4.10. The number of rotatable bonds is 10. The van der Waals surface area contributed by atoms with Crippen LogP contribution in [-0.2, 0) is 23.0 Å². The predicted molar refractivity (Wildman–Crippen MR) is 140 cm³/mol. The first-order chi connectivity index (χ1) is 16.7. The number of thiocarbonyl (C=S) groups is 1. The Bertz CT molecular complexity index is 1330. The monoisotopic (exact) mass is 514 g/mol. The molecule has 35 heavy (non-hydrogen) atoms. The minimum Gasteiger partial charge on any atom is -0.497 e. The third kappa shape index (κ3) is 6.26. The Morgan fingerprint density at radius 1 is 1.11 bits per heavy atom. The highest BCUT2D eigenvalue weighted by molar-refractivity contribution is 7.90. The number of amides is 2. The first-order valence-corrected chi connectivity index (χ1v) is 13.3. The zero-order chi connectivity index (χ0) is 25.6. The second kappa shape index (κ2) is 11.5. The Hall–Kier alpha value is -3.24. The summed E-state index contributed by atoms with van der Waals surface area (Å²) in [6, 6.07) is 13.3. The smallest absolute Gasteiger partial charge is 0.328 e. The molecule has 0 aliphatic rings. The lowest BCUT2D eigenvalue weighted by molar-refractivity contribution is 0.246. The van der Waals surface area contributed by atoms with Crippen molar-refractivity contribution in [2.75, 3.05) is 6.54 Å². The van der Waals surface area contributed by atoms with E-state index < -0.39 is 16.1 Å². The molecule has 0 atom stereocenters. The number of aryl methyl sites for hydroxylation is 2. The molecular formula is C25H30N4O4S2. The zero-order valence-electron chi connectivity index (χ0n) is 20.0. The molecular weight excluding hydrogens is 484 g/mol. The number of hydrogen-bond acceptors (Lipinski definition) is 5. The van der Waals surface area contributed by atoms with Crippen molar-refractivity contribution in [1.82, 2.24) is 19.6 Å². The maximum absolute atomic E-state index is 13.0. The number of imidazole rings is 1. The Labute approximate surface area is 211 Å². The molecule has 2 amide bonds. The molecule has 0 spiro atoms. The van der Waals surface area contributed by atoms with Gasteiger partial charge in [0.2, 0.25) is 5.05 Å². The van der Waals surface area contributed by atoms with Crippen LogP contribution in [0.1, 0.15) is 49.5 Å². The molecule has 0 saturated carbocycles. The molecule has 3 N–H and O–H groups in total. The number of urea groups is 1. The number of sulfonamides is 1. The van der Waals surface area contributed by atoms with Crippen LogP contribution in [0.2, 0.25) is 0 Å². The molecule has 0 saturated heterocycles. The van der Waals surface area contributed by atoms with Gasteiger partial charge in [-0.2, -0.15) is 0 Å². The van der Waals surface area contributed by atoms with E-state index in [-0.39, 0.29) is 9.95 Å². The van der Waals surface area contributed by atoms with Gasteiger partial charge in [-0.3, -0.25) is 0 Å². The number of aromatic nitrogens is 2. The minimum atomic E-state index is -4.10. The van der Waals surface area contributed by atoms with Crippen LogP contribution in [0, 0.1) is 6.92 Å². The molecule has 0 bridgehead atoms. The van der Waals surface area contributed by atoms with Crippen molar-refractivity contribution in [3.05, 3.63) is 71.3 Å². The van der Waals surface area contributed by atoms with Crippen LogP contribution in [0.3, 0.4) is 0 Å². The van der Waals surface area contributed by atoms with E-state index in [9.17, 15) is 18.3 Å². The summed E-state index contributed by atoms with van der Waals surface area (Å²) in [5, 5.41) is 12.4. The van der Waals surface area contributed by atoms with Gasteiger partial charge in [-0.15, -0.1) is 0 Å². The van der Waals surface area contributed by atoms with E-state index in [2.05, 4.69) is 21.9 Å². The quantitative estimate of drug-likeness (QED) is 0.344. The van der Waals surface area contributed by atoms with E-state index in [1.165, 1.54) is 6.07 Å². The third-order valence-electron chi connectivity index (χ3n) is 5.42. The maximum atomic E-state index is 13.0.